The number of hydrogen-bond donors (Lipinski definition) is 3. The molecule has 0 spiro atoms. The maximum absolute atomic E-state index is 8.48. The summed E-state index contributed by atoms with van der Waals surface area (Å²) in [6, 6.07) is 2.00. The molecule has 0 aromatic heterocycles. The Kier molecular flexibility index (Phi) is 1.78. The van der Waals surface area contributed by atoms with Crippen molar-refractivity contribution in [3.63, 3.8) is 0 Å². The van der Waals surface area contributed by atoms with Gasteiger partial charge in [-0.05, 0) is 6.92 Å². The van der Waals surface area contributed by atoms with E-state index in [1.165, 1.54) is 0 Å². The van der Waals surface area contributed by atoms with E-state index in [-0.39, 0.29) is 6.17 Å². The molecule has 0 fully saturated rings. The fourth-order valence-corrected chi connectivity index (χ4v) is 0.822. The fourth-order valence-electron chi connectivity index (χ4n) is 0.822. The van der Waals surface area contributed by atoms with Gasteiger partial charge in [0.15, 0.2) is 0 Å². The zero-order chi connectivity index (χ0) is 7.56. The Labute approximate surface area is 59.7 Å². The molecule has 1 aliphatic rings. The molecule has 1 atom stereocenters. The number of nitrogens with zero attached hydrogens (tertiary/aromatic N) is 1. The Morgan fingerprint density at radius 3 is 3.00 bits per heavy atom. The first-order valence-electron chi connectivity index (χ1n) is 3.12. The van der Waals surface area contributed by atoms with Gasteiger partial charge >= 0.3 is 0 Å². The van der Waals surface area contributed by atoms with Gasteiger partial charge in [-0.2, -0.15) is 5.26 Å². The molecule has 0 amide bonds. The van der Waals surface area contributed by atoms with Crippen LogP contribution >= 0.6 is 0 Å². The number of hydrogen-bond acceptors (Lipinski definition) is 4. The molecule has 1 aliphatic heterocycles. The van der Waals surface area contributed by atoms with Crippen LogP contribution in [0.2, 0.25) is 0 Å². The van der Waals surface area contributed by atoms with Crippen molar-refractivity contribution in [3.05, 3.63) is 11.4 Å². The Balaban J connectivity index is 2.73. The standard InChI is InChI=1S/C6H10N4/c1-4-9-3-5(2-7)6(8)10-4/h4,9-10H,3,8H2,1H3. The van der Waals surface area contributed by atoms with Crippen molar-refractivity contribution in [2.24, 2.45) is 5.73 Å². The lowest BCUT2D eigenvalue weighted by Crippen LogP contribution is -2.47. The highest BCUT2D eigenvalue weighted by Crippen LogP contribution is 1.99. The summed E-state index contributed by atoms with van der Waals surface area (Å²) in [5, 5.41) is 14.4. The van der Waals surface area contributed by atoms with Crippen LogP contribution in [0.5, 0.6) is 0 Å². The zero-order valence-electron chi connectivity index (χ0n) is 5.81. The molecule has 0 radical (unpaired) electrons. The van der Waals surface area contributed by atoms with Crippen molar-refractivity contribution in [2.75, 3.05) is 6.54 Å². The number of nitriles is 1. The van der Waals surface area contributed by atoms with Crippen molar-refractivity contribution in [1.82, 2.24) is 10.6 Å². The van der Waals surface area contributed by atoms with Gasteiger partial charge in [-0.1, -0.05) is 0 Å². The second-order valence-corrected chi connectivity index (χ2v) is 2.25. The van der Waals surface area contributed by atoms with Gasteiger partial charge < -0.3 is 11.1 Å². The summed E-state index contributed by atoms with van der Waals surface area (Å²) in [6.45, 7) is 2.51. The summed E-state index contributed by atoms with van der Waals surface area (Å²) in [5.41, 5.74) is 6.07. The van der Waals surface area contributed by atoms with E-state index in [0.717, 1.165) is 0 Å². The van der Waals surface area contributed by atoms with Gasteiger partial charge in [-0.25, -0.2) is 0 Å². The molecule has 0 aromatic rings. The summed E-state index contributed by atoms with van der Waals surface area (Å²) in [6.07, 6.45) is 0.164. The molecule has 4 N–H and O–H groups in total. The van der Waals surface area contributed by atoms with Crippen LogP contribution in [0.4, 0.5) is 0 Å². The molecule has 4 nitrogen and oxygen atoms in total. The Morgan fingerprint density at radius 1 is 1.80 bits per heavy atom. The Hall–Kier alpha value is -1.21. The fraction of sp³-hybridized carbons (Fsp3) is 0.500. The predicted octanol–water partition coefficient (Wildman–Crippen LogP) is -0.781. The van der Waals surface area contributed by atoms with Gasteiger partial charge in [0.1, 0.15) is 5.82 Å². The van der Waals surface area contributed by atoms with Crippen LogP contribution in [-0.2, 0) is 0 Å². The minimum absolute atomic E-state index is 0.164. The van der Waals surface area contributed by atoms with Crippen molar-refractivity contribution in [1.29, 1.82) is 5.26 Å². The lowest BCUT2D eigenvalue weighted by molar-refractivity contribution is 0.483. The van der Waals surface area contributed by atoms with Crippen LogP contribution in [0, 0.1) is 11.3 Å². The zero-order valence-corrected chi connectivity index (χ0v) is 5.81. The molecule has 1 rings (SSSR count). The maximum atomic E-state index is 8.48. The first kappa shape index (κ1) is 6.90. The van der Waals surface area contributed by atoms with Crippen LogP contribution < -0.4 is 16.4 Å². The van der Waals surface area contributed by atoms with Gasteiger partial charge in [0.2, 0.25) is 0 Å². The van der Waals surface area contributed by atoms with E-state index in [4.69, 9.17) is 11.0 Å². The SMILES string of the molecule is CC1NCC(C#N)=C(N)N1. The molecule has 0 bridgehead atoms. The van der Waals surface area contributed by atoms with Gasteiger partial charge in [0.05, 0.1) is 17.8 Å². The lowest BCUT2D eigenvalue weighted by atomic mass is 10.2. The summed E-state index contributed by atoms with van der Waals surface area (Å²) >= 11 is 0. The highest BCUT2D eigenvalue weighted by atomic mass is 15.2. The summed E-state index contributed by atoms with van der Waals surface area (Å²) in [7, 11) is 0. The van der Waals surface area contributed by atoms with Crippen molar-refractivity contribution in [3.8, 4) is 6.07 Å². The minimum Gasteiger partial charge on any atom is -0.385 e. The molecule has 0 saturated heterocycles. The number of nitrogens with one attached hydrogen (secondary N) is 2. The number of rotatable bonds is 0. The van der Waals surface area contributed by atoms with Gasteiger partial charge in [-0.15, -0.1) is 0 Å². The van der Waals surface area contributed by atoms with E-state index < -0.39 is 0 Å². The molecule has 1 unspecified atom stereocenters. The quantitative estimate of drug-likeness (QED) is 0.410. The van der Waals surface area contributed by atoms with Gasteiger partial charge in [0.25, 0.3) is 0 Å². The van der Waals surface area contributed by atoms with Crippen LogP contribution in [0.3, 0.4) is 0 Å². The molecule has 0 saturated carbocycles. The molecule has 10 heavy (non-hydrogen) atoms. The number of nitrogens with two attached hydrogens (primary N) is 1. The van der Waals surface area contributed by atoms with Crippen LogP contribution in [0.1, 0.15) is 6.92 Å². The summed E-state index contributed by atoms with van der Waals surface area (Å²) in [4.78, 5) is 0. The first-order chi connectivity index (χ1) is 4.74. The third-order valence-corrected chi connectivity index (χ3v) is 1.42. The molecular weight excluding hydrogens is 128 g/mol. The van der Waals surface area contributed by atoms with Crippen molar-refractivity contribution < 1.29 is 0 Å². The average Bonchev–Trinajstić information content (AvgIpc) is 1.88. The smallest absolute Gasteiger partial charge is 0.113 e. The monoisotopic (exact) mass is 138 g/mol. The molecular formula is C6H10N4. The van der Waals surface area contributed by atoms with E-state index in [1.807, 2.05) is 13.0 Å². The molecule has 0 aromatic carbocycles. The predicted molar refractivity (Wildman–Crippen MR) is 37.4 cm³/mol. The topological polar surface area (TPSA) is 73.9 Å². The van der Waals surface area contributed by atoms with Crippen LogP contribution in [-0.4, -0.2) is 12.7 Å². The highest BCUT2D eigenvalue weighted by molar-refractivity contribution is 5.28. The maximum Gasteiger partial charge on any atom is 0.113 e. The van der Waals surface area contributed by atoms with Crippen LogP contribution in [0.25, 0.3) is 0 Å². The third-order valence-electron chi connectivity index (χ3n) is 1.42. The normalized spacial score (nSPS) is 25.4. The second kappa shape index (κ2) is 2.58. The van der Waals surface area contributed by atoms with E-state index in [0.29, 0.717) is 17.9 Å². The Morgan fingerprint density at radius 2 is 2.50 bits per heavy atom. The van der Waals surface area contributed by atoms with Crippen LogP contribution in [0.15, 0.2) is 11.4 Å². The molecule has 0 aliphatic carbocycles. The van der Waals surface area contributed by atoms with Gasteiger partial charge in [0, 0.05) is 6.54 Å². The van der Waals surface area contributed by atoms with Crippen molar-refractivity contribution in [2.45, 2.75) is 13.1 Å². The second-order valence-electron chi connectivity index (χ2n) is 2.25. The highest BCUT2D eigenvalue weighted by Gasteiger charge is 2.12. The third kappa shape index (κ3) is 1.20. The summed E-state index contributed by atoms with van der Waals surface area (Å²) in [5.74, 6) is 0.494. The van der Waals surface area contributed by atoms with Gasteiger partial charge in [-0.3, -0.25) is 5.32 Å². The molecule has 1 heterocycles. The van der Waals surface area contributed by atoms with Crippen molar-refractivity contribution >= 4 is 0 Å². The van der Waals surface area contributed by atoms with E-state index in [9.17, 15) is 0 Å². The lowest BCUT2D eigenvalue weighted by Gasteiger charge is -2.22. The Bertz CT molecular complexity index is 200. The minimum atomic E-state index is 0.164. The van der Waals surface area contributed by atoms with E-state index >= 15 is 0 Å². The van der Waals surface area contributed by atoms with E-state index in [1.54, 1.807) is 0 Å². The first-order valence-corrected chi connectivity index (χ1v) is 3.12. The molecule has 4 heteroatoms. The average molecular weight is 138 g/mol. The summed E-state index contributed by atoms with van der Waals surface area (Å²) < 4.78 is 0. The largest absolute Gasteiger partial charge is 0.385 e. The van der Waals surface area contributed by atoms with E-state index in [2.05, 4.69) is 10.6 Å². The molecule has 54 valence electrons.